The molecule has 0 aromatic heterocycles. The van der Waals surface area contributed by atoms with Gasteiger partial charge in [-0.15, -0.1) is 0 Å². The lowest BCUT2D eigenvalue weighted by atomic mass is 10.1. The van der Waals surface area contributed by atoms with Gasteiger partial charge < -0.3 is 25.4 Å². The number of nitrogens with one attached hydrogen (secondary N) is 2. The number of halogens is 2. The third-order valence-electron chi connectivity index (χ3n) is 5.09. The van der Waals surface area contributed by atoms with Crippen LogP contribution in [0.4, 0.5) is 20.2 Å². The summed E-state index contributed by atoms with van der Waals surface area (Å²) in [6, 6.07) is 19.9. The Bertz CT molecular complexity index is 1290. The fourth-order valence-corrected chi connectivity index (χ4v) is 3.65. The lowest BCUT2D eigenvalue weighted by Crippen LogP contribution is -2.30. The van der Waals surface area contributed by atoms with Gasteiger partial charge in [-0.25, -0.2) is 13.6 Å². The van der Waals surface area contributed by atoms with Crippen LogP contribution in [0.3, 0.4) is 0 Å². The topological polar surface area (TPSA) is 73.8 Å². The molecule has 0 aliphatic carbocycles. The molecule has 0 bridgehead atoms. The summed E-state index contributed by atoms with van der Waals surface area (Å²) in [7, 11) is 0. The minimum Gasteiger partial charge on any atom is -0.477 e. The highest BCUT2D eigenvalue weighted by Gasteiger charge is 2.21. The van der Waals surface area contributed by atoms with Crippen molar-refractivity contribution in [2.75, 3.05) is 17.2 Å². The number of rotatable bonds is 7. The van der Waals surface area contributed by atoms with E-state index in [1.54, 1.807) is 29.2 Å². The molecule has 0 atom stereocenters. The summed E-state index contributed by atoms with van der Waals surface area (Å²) in [4.78, 5) is 13.6. The normalized spacial score (nSPS) is 12.9. The minimum atomic E-state index is -1.03. The van der Waals surface area contributed by atoms with E-state index in [0.717, 1.165) is 17.7 Å². The largest absolute Gasteiger partial charge is 0.477 e. The van der Waals surface area contributed by atoms with E-state index in [2.05, 4.69) is 10.6 Å². The zero-order valence-electron chi connectivity index (χ0n) is 18.4. The van der Waals surface area contributed by atoms with E-state index in [1.165, 1.54) is 12.1 Å². The molecule has 1 heterocycles. The zero-order valence-corrected chi connectivity index (χ0v) is 19.2. The van der Waals surface area contributed by atoms with Gasteiger partial charge in [0.15, 0.2) is 16.7 Å². The lowest BCUT2D eigenvalue weighted by molar-refractivity contribution is -0.134. The summed E-state index contributed by atoms with van der Waals surface area (Å²) in [6.07, 6.45) is 3.32. The molecule has 1 aliphatic rings. The summed E-state index contributed by atoms with van der Waals surface area (Å²) in [5, 5.41) is 15.6. The average molecular weight is 494 g/mol. The highest BCUT2D eigenvalue weighted by atomic mass is 32.1. The van der Waals surface area contributed by atoms with E-state index in [0.29, 0.717) is 36.0 Å². The van der Waals surface area contributed by atoms with Crippen molar-refractivity contribution < 1.29 is 23.4 Å². The second-order valence-electron chi connectivity index (χ2n) is 7.64. The monoisotopic (exact) mass is 493 g/mol. The fraction of sp³-hybridized carbons (Fsp3) is 0.0769. The Balaban J connectivity index is 1.36. The van der Waals surface area contributed by atoms with Gasteiger partial charge >= 0.3 is 5.97 Å². The van der Waals surface area contributed by atoms with Crippen molar-refractivity contribution in [2.24, 2.45) is 0 Å². The van der Waals surface area contributed by atoms with E-state index in [1.807, 2.05) is 36.4 Å². The molecule has 35 heavy (non-hydrogen) atoms. The summed E-state index contributed by atoms with van der Waals surface area (Å²) < 4.78 is 32.3. The zero-order chi connectivity index (χ0) is 24.8. The van der Waals surface area contributed by atoms with Gasteiger partial charge in [0.2, 0.25) is 0 Å². The third-order valence-corrected chi connectivity index (χ3v) is 5.30. The summed E-state index contributed by atoms with van der Waals surface area (Å²) in [6.45, 7) is 0.869. The van der Waals surface area contributed by atoms with Crippen LogP contribution >= 0.6 is 12.2 Å². The van der Waals surface area contributed by atoms with Crippen molar-refractivity contribution in [3.8, 4) is 5.75 Å². The van der Waals surface area contributed by atoms with Crippen LogP contribution in [-0.2, 0) is 11.3 Å². The Morgan fingerprint density at radius 2 is 1.66 bits per heavy atom. The number of carboxylic acid groups (broad SMARTS) is 1. The number of carbonyl (C=O) groups is 1. The molecule has 4 rings (SSSR count). The van der Waals surface area contributed by atoms with Crippen LogP contribution in [-0.4, -0.2) is 27.6 Å². The Hall–Kier alpha value is -4.24. The van der Waals surface area contributed by atoms with Crippen LogP contribution in [0.25, 0.3) is 0 Å². The number of hydrogen-bond donors (Lipinski definition) is 3. The van der Waals surface area contributed by atoms with E-state index in [-0.39, 0.29) is 10.8 Å². The van der Waals surface area contributed by atoms with Crippen molar-refractivity contribution in [3.05, 3.63) is 114 Å². The Kier molecular flexibility index (Phi) is 7.37. The van der Waals surface area contributed by atoms with Crippen molar-refractivity contribution in [1.82, 2.24) is 4.90 Å². The highest BCUT2D eigenvalue weighted by molar-refractivity contribution is 7.80. The number of anilines is 2. The molecule has 0 saturated heterocycles. The number of carboxylic acids is 1. The molecule has 6 nitrogen and oxygen atoms in total. The van der Waals surface area contributed by atoms with Crippen LogP contribution in [0.15, 0.2) is 96.4 Å². The number of hydrogen-bond acceptors (Lipinski definition) is 4. The first-order valence-corrected chi connectivity index (χ1v) is 11.0. The van der Waals surface area contributed by atoms with Crippen LogP contribution in [0.5, 0.6) is 5.75 Å². The summed E-state index contributed by atoms with van der Waals surface area (Å²) in [5.41, 5.74) is 2.12. The van der Waals surface area contributed by atoms with Gasteiger partial charge in [0.1, 0.15) is 17.2 Å². The van der Waals surface area contributed by atoms with Gasteiger partial charge in [-0.1, -0.05) is 30.3 Å². The molecular weight excluding hydrogens is 472 g/mol. The molecule has 0 fully saturated rings. The minimum absolute atomic E-state index is 0.151. The maximum absolute atomic E-state index is 13.3. The molecule has 0 saturated carbocycles. The predicted octanol–water partition coefficient (Wildman–Crippen LogP) is 5.52. The number of benzene rings is 3. The van der Waals surface area contributed by atoms with Gasteiger partial charge in [-0.2, -0.15) is 0 Å². The van der Waals surface area contributed by atoms with E-state index in [4.69, 9.17) is 17.0 Å². The van der Waals surface area contributed by atoms with Gasteiger partial charge in [0.25, 0.3) is 0 Å². The van der Waals surface area contributed by atoms with Crippen LogP contribution < -0.4 is 15.4 Å². The molecule has 1 aliphatic heterocycles. The van der Waals surface area contributed by atoms with E-state index >= 15 is 0 Å². The Morgan fingerprint density at radius 1 is 0.971 bits per heavy atom. The van der Waals surface area contributed by atoms with Gasteiger partial charge in [0.05, 0.1) is 0 Å². The summed E-state index contributed by atoms with van der Waals surface area (Å²) in [5.74, 6) is -2.00. The Labute approximate surface area is 206 Å². The molecule has 0 spiro atoms. The van der Waals surface area contributed by atoms with Crippen molar-refractivity contribution in [2.45, 2.75) is 6.54 Å². The standard InChI is InChI=1S/C26H21F2N3O3S/c27-22-11-8-19(14-23(22)28)30-26(35)29-18-6-9-20(10-7-18)34-21-12-13-31(24(15-21)25(32)33)16-17-4-2-1-3-5-17/h1-12,14-15H,13,16H2,(H,32,33)(H2,29,30,35). The highest BCUT2D eigenvalue weighted by Crippen LogP contribution is 2.23. The molecule has 0 unspecified atom stereocenters. The second-order valence-corrected chi connectivity index (χ2v) is 8.05. The first-order chi connectivity index (χ1) is 16.9. The van der Waals surface area contributed by atoms with Crippen molar-refractivity contribution in [3.63, 3.8) is 0 Å². The van der Waals surface area contributed by atoms with E-state index < -0.39 is 17.6 Å². The quantitative estimate of drug-likeness (QED) is 0.374. The van der Waals surface area contributed by atoms with E-state index in [9.17, 15) is 18.7 Å². The first-order valence-electron chi connectivity index (χ1n) is 10.6. The van der Waals surface area contributed by atoms with Gasteiger partial charge in [-0.05, 0) is 60.3 Å². The maximum Gasteiger partial charge on any atom is 0.352 e. The number of thiocarbonyl (C=S) groups is 1. The van der Waals surface area contributed by atoms with Gasteiger partial charge in [-0.3, -0.25) is 0 Å². The number of ether oxygens (including phenoxy) is 1. The fourth-order valence-electron chi connectivity index (χ4n) is 3.41. The van der Waals surface area contributed by atoms with Crippen LogP contribution in [0.2, 0.25) is 0 Å². The Morgan fingerprint density at radius 3 is 2.34 bits per heavy atom. The van der Waals surface area contributed by atoms with Crippen LogP contribution in [0.1, 0.15) is 5.56 Å². The predicted molar refractivity (Wildman–Crippen MR) is 134 cm³/mol. The average Bonchev–Trinajstić information content (AvgIpc) is 2.84. The first kappa shape index (κ1) is 23.9. The van der Waals surface area contributed by atoms with Crippen LogP contribution in [0, 0.1) is 11.6 Å². The summed E-state index contributed by atoms with van der Waals surface area (Å²) >= 11 is 5.21. The molecule has 0 radical (unpaired) electrons. The number of nitrogens with zero attached hydrogens (tertiary/aromatic N) is 1. The lowest BCUT2D eigenvalue weighted by Gasteiger charge is -2.27. The van der Waals surface area contributed by atoms with Gasteiger partial charge in [0, 0.05) is 36.6 Å². The van der Waals surface area contributed by atoms with Crippen molar-refractivity contribution >= 4 is 34.7 Å². The number of allylic oxidation sites excluding steroid dienone is 1. The SMILES string of the molecule is O=C(O)C1=CC(Oc2ccc(NC(=S)Nc3ccc(F)c(F)c3)cc2)=CCN1Cc1ccccc1. The molecule has 3 N–H and O–H groups in total. The van der Waals surface area contributed by atoms with Crippen molar-refractivity contribution in [1.29, 1.82) is 0 Å². The third kappa shape index (κ3) is 6.42. The maximum atomic E-state index is 13.3. The molecular formula is C26H21F2N3O3S. The number of aliphatic carboxylic acids is 1. The molecule has 0 amide bonds. The second kappa shape index (κ2) is 10.8. The molecule has 9 heteroatoms. The molecule has 3 aromatic rings. The molecule has 3 aromatic carbocycles. The smallest absolute Gasteiger partial charge is 0.352 e. The molecule has 178 valence electrons.